The molecule has 0 saturated carbocycles. The molecule has 5 nitrogen and oxygen atoms in total. The van der Waals surface area contributed by atoms with Gasteiger partial charge in [0.1, 0.15) is 0 Å². The first kappa shape index (κ1) is 21.1. The fourth-order valence-electron chi connectivity index (χ4n) is 3.03. The summed E-state index contributed by atoms with van der Waals surface area (Å²) in [5.41, 5.74) is 1.07. The summed E-state index contributed by atoms with van der Waals surface area (Å²) in [6, 6.07) is 14.2. The van der Waals surface area contributed by atoms with Gasteiger partial charge >= 0.3 is 0 Å². The van der Waals surface area contributed by atoms with Gasteiger partial charge < -0.3 is 4.90 Å². The molecule has 0 radical (unpaired) electrons. The van der Waals surface area contributed by atoms with Crippen LogP contribution in [0.4, 0.5) is 0 Å². The van der Waals surface area contributed by atoms with E-state index in [-0.39, 0.29) is 16.4 Å². The number of nitrogens with zero attached hydrogens (tertiary/aromatic N) is 1. The molecule has 0 atom stereocenters. The highest BCUT2D eigenvalue weighted by molar-refractivity contribution is 7.89. The summed E-state index contributed by atoms with van der Waals surface area (Å²) in [6.45, 7) is 10.2. The van der Waals surface area contributed by atoms with Crippen molar-refractivity contribution in [2.75, 3.05) is 13.1 Å². The molecule has 2 rings (SSSR count). The maximum absolute atomic E-state index is 13.2. The van der Waals surface area contributed by atoms with Crippen molar-refractivity contribution in [3.63, 3.8) is 0 Å². The van der Waals surface area contributed by atoms with Crippen LogP contribution < -0.4 is 4.72 Å². The van der Waals surface area contributed by atoms with Crippen LogP contribution in [0.1, 0.15) is 49.2 Å². The van der Waals surface area contributed by atoms with E-state index in [2.05, 4.69) is 4.72 Å². The highest BCUT2D eigenvalue weighted by Gasteiger charge is 2.31. The summed E-state index contributed by atoms with van der Waals surface area (Å²) in [4.78, 5) is 14.5. The van der Waals surface area contributed by atoms with Gasteiger partial charge in [0.15, 0.2) is 0 Å². The molecule has 0 aliphatic carbocycles. The molecular formula is C21H28N2O3S. The zero-order valence-corrected chi connectivity index (χ0v) is 17.4. The Bertz CT molecular complexity index is 902. The van der Waals surface area contributed by atoms with E-state index in [4.69, 9.17) is 0 Å². The number of rotatable bonds is 7. The molecule has 2 aromatic rings. The molecule has 0 unspecified atom stereocenters. The first-order chi connectivity index (χ1) is 12.6. The Hall–Kier alpha value is -2.18. The summed E-state index contributed by atoms with van der Waals surface area (Å²) in [7, 11) is -3.91. The maximum atomic E-state index is 13.2. The summed E-state index contributed by atoms with van der Waals surface area (Å²) in [5, 5.41) is 0. The van der Waals surface area contributed by atoms with Crippen molar-refractivity contribution in [2.45, 2.75) is 45.1 Å². The molecule has 0 fully saturated rings. The topological polar surface area (TPSA) is 66.5 Å². The lowest BCUT2D eigenvalue weighted by molar-refractivity contribution is 0.0769. The number of nitrogens with one attached hydrogen (secondary N) is 1. The summed E-state index contributed by atoms with van der Waals surface area (Å²) in [6.07, 6.45) is 0. The van der Waals surface area contributed by atoms with Gasteiger partial charge in [0, 0.05) is 13.1 Å². The van der Waals surface area contributed by atoms with Crippen molar-refractivity contribution < 1.29 is 13.2 Å². The number of benzene rings is 2. The maximum Gasteiger partial charge on any atom is 0.255 e. The van der Waals surface area contributed by atoms with Crippen molar-refractivity contribution in [1.29, 1.82) is 0 Å². The number of amides is 1. The van der Waals surface area contributed by atoms with Gasteiger partial charge in [-0.3, -0.25) is 4.79 Å². The molecule has 0 spiro atoms. The number of hydrogen-bond donors (Lipinski definition) is 1. The van der Waals surface area contributed by atoms with Crippen LogP contribution in [-0.4, -0.2) is 32.3 Å². The van der Waals surface area contributed by atoms with Gasteiger partial charge in [0.25, 0.3) is 5.91 Å². The molecule has 0 aliphatic rings. The second-order valence-electron chi connectivity index (χ2n) is 7.07. The molecule has 0 aromatic heterocycles. The van der Waals surface area contributed by atoms with Gasteiger partial charge in [-0.05, 0) is 52.3 Å². The van der Waals surface area contributed by atoms with Crippen molar-refractivity contribution in [3.05, 3.63) is 65.2 Å². The van der Waals surface area contributed by atoms with Crippen LogP contribution in [0.15, 0.2) is 53.4 Å². The normalized spacial score (nSPS) is 12.0. The van der Waals surface area contributed by atoms with E-state index in [0.717, 1.165) is 11.1 Å². The largest absolute Gasteiger partial charge is 0.339 e. The van der Waals surface area contributed by atoms with Gasteiger partial charge in [-0.25, -0.2) is 13.1 Å². The smallest absolute Gasteiger partial charge is 0.255 e. The molecule has 1 N–H and O–H groups in total. The lowest BCUT2D eigenvalue weighted by Crippen LogP contribution is -2.42. The van der Waals surface area contributed by atoms with Gasteiger partial charge in [-0.1, -0.05) is 42.0 Å². The molecule has 0 bridgehead atoms. The predicted molar refractivity (Wildman–Crippen MR) is 108 cm³/mol. The Labute approximate surface area is 162 Å². The lowest BCUT2D eigenvalue weighted by atomic mass is 9.96. The fraction of sp³-hybridized carbons (Fsp3) is 0.381. The fourth-order valence-corrected chi connectivity index (χ4v) is 4.61. The van der Waals surface area contributed by atoms with Crippen LogP contribution in [0.2, 0.25) is 0 Å². The van der Waals surface area contributed by atoms with Gasteiger partial charge in [0.05, 0.1) is 16.0 Å². The zero-order chi connectivity index (χ0) is 20.2. The monoisotopic (exact) mass is 388 g/mol. The lowest BCUT2D eigenvalue weighted by Gasteiger charge is -2.27. The van der Waals surface area contributed by atoms with E-state index in [1.54, 1.807) is 30.9 Å². The third-order valence-electron chi connectivity index (χ3n) is 4.59. The standard InChI is InChI=1S/C21H28N2O3S/c1-6-23(7-2)20(24)18-15-16(3)13-14-19(18)27(25,26)22-21(4,5)17-11-9-8-10-12-17/h8-15,22H,6-7H2,1-5H3. The van der Waals surface area contributed by atoms with E-state index in [1.807, 2.05) is 51.1 Å². The first-order valence-electron chi connectivity index (χ1n) is 9.11. The number of sulfonamides is 1. The average molecular weight is 389 g/mol. The van der Waals surface area contributed by atoms with Crippen molar-refractivity contribution in [3.8, 4) is 0 Å². The van der Waals surface area contributed by atoms with Crippen LogP contribution in [0, 0.1) is 6.92 Å². The van der Waals surface area contributed by atoms with Crippen LogP contribution >= 0.6 is 0 Å². The Balaban J connectivity index is 2.49. The summed E-state index contributed by atoms with van der Waals surface area (Å²) < 4.78 is 29.1. The molecule has 0 saturated heterocycles. The van der Waals surface area contributed by atoms with E-state index in [1.165, 1.54) is 6.07 Å². The Morgan fingerprint density at radius 3 is 2.19 bits per heavy atom. The predicted octanol–water partition coefficient (Wildman–Crippen LogP) is 3.69. The molecule has 0 aliphatic heterocycles. The third kappa shape index (κ3) is 4.76. The van der Waals surface area contributed by atoms with E-state index >= 15 is 0 Å². The van der Waals surface area contributed by atoms with E-state index in [0.29, 0.717) is 13.1 Å². The summed E-state index contributed by atoms with van der Waals surface area (Å²) >= 11 is 0. The molecule has 146 valence electrons. The van der Waals surface area contributed by atoms with Crippen LogP contribution in [0.5, 0.6) is 0 Å². The average Bonchev–Trinajstić information content (AvgIpc) is 2.62. The minimum absolute atomic E-state index is 0.00834. The Kier molecular flexibility index (Phi) is 6.44. The number of aryl methyl sites for hydroxylation is 1. The second-order valence-corrected chi connectivity index (χ2v) is 8.72. The Morgan fingerprint density at radius 2 is 1.63 bits per heavy atom. The van der Waals surface area contributed by atoms with Crippen molar-refractivity contribution in [1.82, 2.24) is 9.62 Å². The minimum atomic E-state index is -3.91. The molecular weight excluding hydrogens is 360 g/mol. The van der Waals surface area contributed by atoms with Gasteiger partial charge in [-0.2, -0.15) is 0 Å². The summed E-state index contributed by atoms with van der Waals surface area (Å²) in [5.74, 6) is -0.276. The quantitative estimate of drug-likeness (QED) is 0.787. The van der Waals surface area contributed by atoms with Gasteiger partial charge in [-0.15, -0.1) is 0 Å². The molecule has 6 heteroatoms. The number of carbonyl (C=O) groups excluding carboxylic acids is 1. The molecule has 0 heterocycles. The highest BCUT2D eigenvalue weighted by atomic mass is 32.2. The molecule has 2 aromatic carbocycles. The first-order valence-corrected chi connectivity index (χ1v) is 10.6. The van der Waals surface area contributed by atoms with Crippen LogP contribution in [0.3, 0.4) is 0 Å². The molecule has 1 amide bonds. The van der Waals surface area contributed by atoms with Crippen molar-refractivity contribution in [2.24, 2.45) is 0 Å². The number of carbonyl (C=O) groups is 1. The number of hydrogen-bond acceptors (Lipinski definition) is 3. The Morgan fingerprint density at radius 1 is 1.04 bits per heavy atom. The molecule has 27 heavy (non-hydrogen) atoms. The minimum Gasteiger partial charge on any atom is -0.339 e. The SMILES string of the molecule is CCN(CC)C(=O)c1cc(C)ccc1S(=O)(=O)NC(C)(C)c1ccccc1. The third-order valence-corrected chi connectivity index (χ3v) is 6.30. The van der Waals surface area contributed by atoms with Crippen LogP contribution in [0.25, 0.3) is 0 Å². The van der Waals surface area contributed by atoms with Gasteiger partial charge in [0.2, 0.25) is 10.0 Å². The highest BCUT2D eigenvalue weighted by Crippen LogP contribution is 2.25. The van der Waals surface area contributed by atoms with E-state index in [9.17, 15) is 13.2 Å². The van der Waals surface area contributed by atoms with Crippen LogP contribution in [-0.2, 0) is 15.6 Å². The second kappa shape index (κ2) is 8.23. The zero-order valence-electron chi connectivity index (χ0n) is 16.6. The van der Waals surface area contributed by atoms with Crippen molar-refractivity contribution >= 4 is 15.9 Å². The van der Waals surface area contributed by atoms with E-state index < -0.39 is 15.6 Å².